The van der Waals surface area contributed by atoms with Crippen LogP contribution in [0.25, 0.3) is 0 Å². The first-order chi connectivity index (χ1) is 9.17. The first kappa shape index (κ1) is 15.8. The Morgan fingerprint density at radius 1 is 1.16 bits per heavy atom. The van der Waals surface area contributed by atoms with Crippen LogP contribution in [0.4, 0.5) is 4.79 Å². The molecular weight excluding hydrogens is 246 g/mol. The van der Waals surface area contributed by atoms with E-state index in [-0.39, 0.29) is 12.1 Å². The minimum Gasteiger partial charge on any atom is -0.466 e. The number of rotatable bonds is 6. The fourth-order valence-corrected chi connectivity index (χ4v) is 2.17. The molecule has 0 aromatic carbocycles. The number of ether oxygens (including phenoxy) is 2. The predicted molar refractivity (Wildman–Crippen MR) is 71.8 cm³/mol. The van der Waals surface area contributed by atoms with E-state index in [0.29, 0.717) is 38.6 Å². The van der Waals surface area contributed by atoms with Crippen molar-refractivity contribution in [1.82, 2.24) is 4.90 Å². The average Bonchev–Trinajstić information content (AvgIpc) is 2.40. The zero-order chi connectivity index (χ0) is 14.1. The average molecular weight is 271 g/mol. The number of hydrogen-bond acceptors (Lipinski definition) is 4. The van der Waals surface area contributed by atoms with Crippen molar-refractivity contribution >= 4 is 12.1 Å². The third-order valence-corrected chi connectivity index (χ3v) is 3.36. The van der Waals surface area contributed by atoms with Crippen molar-refractivity contribution in [2.45, 2.75) is 46.0 Å². The number of likely N-dealkylation sites (tertiary alicyclic amines) is 1. The number of carbonyl (C=O) groups is 2. The molecule has 5 heteroatoms. The highest BCUT2D eigenvalue weighted by Crippen LogP contribution is 2.21. The number of esters is 1. The van der Waals surface area contributed by atoms with Crippen LogP contribution in [-0.4, -0.2) is 43.3 Å². The van der Waals surface area contributed by atoms with E-state index in [0.717, 1.165) is 25.7 Å². The third kappa shape index (κ3) is 5.94. The van der Waals surface area contributed by atoms with Gasteiger partial charge in [-0.25, -0.2) is 4.79 Å². The quantitative estimate of drug-likeness (QED) is 0.550. The first-order valence-corrected chi connectivity index (χ1v) is 7.24. The van der Waals surface area contributed by atoms with Crippen molar-refractivity contribution in [2.24, 2.45) is 5.92 Å². The van der Waals surface area contributed by atoms with Gasteiger partial charge in [-0.2, -0.15) is 0 Å². The van der Waals surface area contributed by atoms with Crippen molar-refractivity contribution in [3.8, 4) is 0 Å². The lowest BCUT2D eigenvalue weighted by atomic mass is 9.94. The van der Waals surface area contributed by atoms with Gasteiger partial charge in [-0.15, -0.1) is 0 Å². The van der Waals surface area contributed by atoms with E-state index in [2.05, 4.69) is 6.92 Å². The molecule has 0 saturated carbocycles. The van der Waals surface area contributed by atoms with Gasteiger partial charge in [-0.3, -0.25) is 4.79 Å². The van der Waals surface area contributed by atoms with Crippen molar-refractivity contribution in [2.75, 3.05) is 26.3 Å². The Hall–Kier alpha value is -1.26. The summed E-state index contributed by atoms with van der Waals surface area (Å²) in [5.41, 5.74) is 0. The topological polar surface area (TPSA) is 55.8 Å². The summed E-state index contributed by atoms with van der Waals surface area (Å²) < 4.78 is 10.1. The van der Waals surface area contributed by atoms with Gasteiger partial charge in [0.15, 0.2) is 0 Å². The lowest BCUT2D eigenvalue weighted by Gasteiger charge is -2.30. The van der Waals surface area contributed by atoms with Gasteiger partial charge in [0.25, 0.3) is 0 Å². The SMILES string of the molecule is CCCCOC(=O)N1CCC(CC(=O)OCC)CC1. The molecule has 0 radical (unpaired) electrons. The summed E-state index contributed by atoms with van der Waals surface area (Å²) in [5.74, 6) is 0.199. The van der Waals surface area contributed by atoms with Gasteiger partial charge < -0.3 is 14.4 Å². The number of amides is 1. The molecule has 1 fully saturated rings. The normalized spacial score (nSPS) is 16.2. The maximum Gasteiger partial charge on any atom is 0.409 e. The van der Waals surface area contributed by atoms with E-state index in [1.807, 2.05) is 6.92 Å². The van der Waals surface area contributed by atoms with Crippen LogP contribution in [0.15, 0.2) is 0 Å². The fraction of sp³-hybridized carbons (Fsp3) is 0.857. The van der Waals surface area contributed by atoms with Crippen LogP contribution in [-0.2, 0) is 14.3 Å². The number of piperidine rings is 1. The Kier molecular flexibility index (Phi) is 7.30. The summed E-state index contributed by atoms with van der Waals surface area (Å²) >= 11 is 0. The molecule has 0 spiro atoms. The Morgan fingerprint density at radius 2 is 1.84 bits per heavy atom. The largest absolute Gasteiger partial charge is 0.466 e. The molecule has 0 aromatic heterocycles. The highest BCUT2D eigenvalue weighted by Gasteiger charge is 2.25. The smallest absolute Gasteiger partial charge is 0.409 e. The molecule has 110 valence electrons. The van der Waals surface area contributed by atoms with Gasteiger partial charge in [0.05, 0.1) is 13.2 Å². The molecule has 19 heavy (non-hydrogen) atoms. The second-order valence-corrected chi connectivity index (χ2v) is 4.91. The molecule has 1 aliphatic heterocycles. The molecule has 0 aliphatic carbocycles. The van der Waals surface area contributed by atoms with Gasteiger partial charge in [0.2, 0.25) is 0 Å². The van der Waals surface area contributed by atoms with Gasteiger partial charge in [-0.05, 0) is 32.1 Å². The molecule has 0 atom stereocenters. The summed E-state index contributed by atoms with van der Waals surface area (Å²) in [7, 11) is 0. The van der Waals surface area contributed by atoms with Crippen molar-refractivity contribution in [3.63, 3.8) is 0 Å². The van der Waals surface area contributed by atoms with E-state index in [1.54, 1.807) is 4.90 Å². The van der Waals surface area contributed by atoms with Crippen LogP contribution < -0.4 is 0 Å². The maximum absolute atomic E-state index is 11.7. The monoisotopic (exact) mass is 271 g/mol. The molecule has 1 rings (SSSR count). The number of carbonyl (C=O) groups excluding carboxylic acids is 2. The molecule has 1 aliphatic rings. The van der Waals surface area contributed by atoms with Gasteiger partial charge in [0.1, 0.15) is 0 Å². The van der Waals surface area contributed by atoms with Crippen LogP contribution >= 0.6 is 0 Å². The zero-order valence-corrected chi connectivity index (χ0v) is 12.0. The Morgan fingerprint density at radius 3 is 2.42 bits per heavy atom. The molecule has 1 heterocycles. The summed E-state index contributed by atoms with van der Waals surface area (Å²) in [6, 6.07) is 0. The molecule has 0 unspecified atom stereocenters. The predicted octanol–water partition coefficient (Wildman–Crippen LogP) is 2.59. The van der Waals surface area contributed by atoms with E-state index >= 15 is 0 Å². The van der Waals surface area contributed by atoms with Gasteiger partial charge in [0, 0.05) is 19.5 Å². The maximum atomic E-state index is 11.7. The lowest BCUT2D eigenvalue weighted by molar-refractivity contribution is -0.144. The van der Waals surface area contributed by atoms with E-state index in [9.17, 15) is 9.59 Å². The Labute approximate surface area is 115 Å². The zero-order valence-electron chi connectivity index (χ0n) is 12.0. The Balaban J connectivity index is 2.21. The standard InChI is InChI=1S/C14H25NO4/c1-3-5-10-19-14(17)15-8-6-12(7-9-15)11-13(16)18-4-2/h12H,3-11H2,1-2H3. The minimum atomic E-state index is -0.219. The van der Waals surface area contributed by atoms with Gasteiger partial charge >= 0.3 is 12.1 Å². The first-order valence-electron chi connectivity index (χ1n) is 7.24. The third-order valence-electron chi connectivity index (χ3n) is 3.36. The van der Waals surface area contributed by atoms with Crippen LogP contribution in [0, 0.1) is 5.92 Å². The Bertz CT molecular complexity index is 285. The molecule has 1 amide bonds. The minimum absolute atomic E-state index is 0.133. The molecule has 5 nitrogen and oxygen atoms in total. The highest BCUT2D eigenvalue weighted by atomic mass is 16.6. The number of unbranched alkanes of at least 4 members (excludes halogenated alkanes) is 1. The van der Waals surface area contributed by atoms with Crippen molar-refractivity contribution in [3.05, 3.63) is 0 Å². The second-order valence-electron chi connectivity index (χ2n) is 4.91. The fourth-order valence-electron chi connectivity index (χ4n) is 2.17. The number of nitrogens with zero attached hydrogens (tertiary/aromatic N) is 1. The molecule has 0 N–H and O–H groups in total. The molecule has 1 saturated heterocycles. The van der Waals surface area contributed by atoms with E-state index < -0.39 is 0 Å². The van der Waals surface area contributed by atoms with E-state index in [4.69, 9.17) is 9.47 Å². The van der Waals surface area contributed by atoms with Gasteiger partial charge in [-0.1, -0.05) is 13.3 Å². The van der Waals surface area contributed by atoms with Crippen molar-refractivity contribution < 1.29 is 19.1 Å². The highest BCUT2D eigenvalue weighted by molar-refractivity contribution is 5.70. The molecular formula is C14H25NO4. The van der Waals surface area contributed by atoms with Crippen LogP contribution in [0.2, 0.25) is 0 Å². The van der Waals surface area contributed by atoms with Crippen molar-refractivity contribution in [1.29, 1.82) is 0 Å². The van der Waals surface area contributed by atoms with E-state index in [1.165, 1.54) is 0 Å². The van der Waals surface area contributed by atoms with Crippen LogP contribution in [0.5, 0.6) is 0 Å². The molecule has 0 aromatic rings. The lowest BCUT2D eigenvalue weighted by Crippen LogP contribution is -2.39. The number of hydrogen-bond donors (Lipinski definition) is 0. The van der Waals surface area contributed by atoms with Crippen LogP contribution in [0.3, 0.4) is 0 Å². The molecule has 0 bridgehead atoms. The summed E-state index contributed by atoms with van der Waals surface area (Å²) in [4.78, 5) is 24.8. The summed E-state index contributed by atoms with van der Waals surface area (Å²) in [5, 5.41) is 0. The van der Waals surface area contributed by atoms with Crippen LogP contribution in [0.1, 0.15) is 46.0 Å². The second kappa shape index (κ2) is 8.77. The summed E-state index contributed by atoms with van der Waals surface area (Å²) in [6.45, 7) is 6.16. The summed E-state index contributed by atoms with van der Waals surface area (Å²) in [6.07, 6.45) is 3.87.